The molecule has 1 N–H and O–H groups in total. The maximum Gasteiger partial charge on any atom is 0.0641 e. The molecule has 0 aromatic carbocycles. The van der Waals surface area contributed by atoms with Gasteiger partial charge in [-0.1, -0.05) is 6.92 Å². The zero-order valence-electron chi connectivity index (χ0n) is 10.1. The summed E-state index contributed by atoms with van der Waals surface area (Å²) in [5, 5.41) is 4.61. The summed E-state index contributed by atoms with van der Waals surface area (Å²) < 4.78 is 5.74. The molecule has 2 nitrogen and oxygen atoms in total. The Kier molecular flexibility index (Phi) is 3.63. The molecule has 2 aliphatic rings. The van der Waals surface area contributed by atoms with Gasteiger partial charge in [-0.3, -0.25) is 0 Å². The van der Waals surface area contributed by atoms with Crippen molar-refractivity contribution in [3.05, 3.63) is 0 Å². The van der Waals surface area contributed by atoms with E-state index in [1.165, 1.54) is 18.6 Å². The number of rotatable bonds is 2. The molecule has 0 radical (unpaired) electrons. The summed E-state index contributed by atoms with van der Waals surface area (Å²) in [5.74, 6) is 1.32. The summed E-state index contributed by atoms with van der Waals surface area (Å²) in [5.41, 5.74) is 0.0743. The number of hydrogen-bond acceptors (Lipinski definition) is 3. The smallest absolute Gasteiger partial charge is 0.0641 e. The molecule has 0 bridgehead atoms. The lowest BCUT2D eigenvalue weighted by molar-refractivity contribution is -0.0640. The summed E-state index contributed by atoms with van der Waals surface area (Å²) in [6.45, 7) is 7.67. The normalized spacial score (nSPS) is 40.6. The molecule has 2 heterocycles. The monoisotopic (exact) mass is 229 g/mol. The van der Waals surface area contributed by atoms with Gasteiger partial charge in [-0.05, 0) is 38.9 Å². The second-order valence-electron chi connectivity index (χ2n) is 5.44. The minimum Gasteiger partial charge on any atom is -0.375 e. The molecule has 0 aliphatic carbocycles. The number of nitrogens with one attached hydrogen (secondary N) is 1. The van der Waals surface area contributed by atoms with Crippen LogP contribution in [0.15, 0.2) is 0 Å². The van der Waals surface area contributed by atoms with E-state index in [0.29, 0.717) is 6.04 Å². The Bertz CT molecular complexity index is 220. The van der Waals surface area contributed by atoms with Crippen LogP contribution in [0.5, 0.6) is 0 Å². The second kappa shape index (κ2) is 4.64. The van der Waals surface area contributed by atoms with Crippen LogP contribution in [-0.2, 0) is 4.74 Å². The van der Waals surface area contributed by atoms with E-state index in [-0.39, 0.29) is 5.60 Å². The van der Waals surface area contributed by atoms with Gasteiger partial charge in [-0.2, -0.15) is 11.8 Å². The molecular formula is C12H23NOS. The van der Waals surface area contributed by atoms with Gasteiger partial charge in [0.25, 0.3) is 0 Å². The molecule has 3 heteroatoms. The van der Waals surface area contributed by atoms with Gasteiger partial charge in [0, 0.05) is 23.9 Å². The van der Waals surface area contributed by atoms with Crippen molar-refractivity contribution in [3.63, 3.8) is 0 Å². The van der Waals surface area contributed by atoms with Crippen molar-refractivity contribution >= 4 is 11.8 Å². The third-order valence-corrected chi connectivity index (χ3v) is 4.85. The Labute approximate surface area is 97.5 Å². The first-order valence-electron chi connectivity index (χ1n) is 6.08. The highest BCUT2D eigenvalue weighted by Gasteiger charge is 2.32. The van der Waals surface area contributed by atoms with Crippen LogP contribution in [-0.4, -0.2) is 35.3 Å². The lowest BCUT2D eigenvalue weighted by Gasteiger charge is -2.37. The van der Waals surface area contributed by atoms with Crippen LogP contribution in [0, 0.1) is 0 Å². The number of hydrogen-bond donors (Lipinski definition) is 1. The fourth-order valence-corrected chi connectivity index (χ4v) is 3.84. The van der Waals surface area contributed by atoms with Crippen molar-refractivity contribution in [2.45, 2.75) is 63.0 Å². The summed E-state index contributed by atoms with van der Waals surface area (Å²) in [7, 11) is 0. The Morgan fingerprint density at radius 1 is 1.33 bits per heavy atom. The lowest BCUT2D eigenvalue weighted by atomic mass is 9.93. The van der Waals surface area contributed by atoms with Crippen molar-refractivity contribution in [1.29, 1.82) is 0 Å². The van der Waals surface area contributed by atoms with Crippen LogP contribution < -0.4 is 5.32 Å². The van der Waals surface area contributed by atoms with Crippen molar-refractivity contribution in [1.82, 2.24) is 5.32 Å². The van der Waals surface area contributed by atoms with Crippen LogP contribution in [0.25, 0.3) is 0 Å². The van der Waals surface area contributed by atoms with Gasteiger partial charge in [0.2, 0.25) is 0 Å². The second-order valence-corrected chi connectivity index (χ2v) is 6.92. The predicted molar refractivity (Wildman–Crippen MR) is 66.5 cm³/mol. The minimum absolute atomic E-state index is 0.0743. The Hall–Kier alpha value is 0.270. The predicted octanol–water partition coefficient (Wildman–Crippen LogP) is 2.43. The first kappa shape index (κ1) is 11.7. The van der Waals surface area contributed by atoms with Gasteiger partial charge in [-0.15, -0.1) is 0 Å². The van der Waals surface area contributed by atoms with Gasteiger partial charge >= 0.3 is 0 Å². The van der Waals surface area contributed by atoms with Crippen molar-refractivity contribution in [3.8, 4) is 0 Å². The molecule has 0 spiro atoms. The molecule has 0 aromatic heterocycles. The van der Waals surface area contributed by atoms with Crippen LogP contribution in [0.4, 0.5) is 0 Å². The third kappa shape index (κ3) is 3.11. The van der Waals surface area contributed by atoms with E-state index in [4.69, 9.17) is 4.74 Å². The maximum absolute atomic E-state index is 5.74. The molecule has 2 rings (SSSR count). The van der Waals surface area contributed by atoms with E-state index in [0.717, 1.165) is 24.3 Å². The molecule has 15 heavy (non-hydrogen) atoms. The van der Waals surface area contributed by atoms with E-state index in [1.54, 1.807) is 0 Å². The largest absolute Gasteiger partial charge is 0.375 e. The zero-order chi connectivity index (χ0) is 10.9. The first-order valence-corrected chi connectivity index (χ1v) is 7.13. The standard InChI is InChI=1S/C12H23NOS/c1-9-11(5-7-15-9)13-10-4-6-14-12(2,3)8-10/h9-11,13H,4-8H2,1-3H3. The molecule has 88 valence electrons. The molecule has 2 fully saturated rings. The van der Waals surface area contributed by atoms with Crippen molar-refractivity contribution < 1.29 is 4.74 Å². The number of thioether (sulfide) groups is 1. The van der Waals surface area contributed by atoms with E-state index in [1.807, 2.05) is 0 Å². The molecule has 2 saturated heterocycles. The molecule has 0 aromatic rings. The highest BCUT2D eigenvalue weighted by atomic mass is 32.2. The van der Waals surface area contributed by atoms with E-state index >= 15 is 0 Å². The molecular weight excluding hydrogens is 206 g/mol. The lowest BCUT2D eigenvalue weighted by Crippen LogP contribution is -2.48. The SMILES string of the molecule is CC1SCCC1NC1CCOC(C)(C)C1. The topological polar surface area (TPSA) is 21.3 Å². The van der Waals surface area contributed by atoms with Gasteiger partial charge < -0.3 is 10.1 Å². The van der Waals surface area contributed by atoms with E-state index in [9.17, 15) is 0 Å². The Balaban J connectivity index is 1.83. The zero-order valence-corrected chi connectivity index (χ0v) is 10.9. The van der Waals surface area contributed by atoms with Crippen LogP contribution in [0.3, 0.4) is 0 Å². The number of ether oxygens (including phenoxy) is 1. The molecule has 0 saturated carbocycles. The first-order chi connectivity index (χ1) is 7.07. The Morgan fingerprint density at radius 3 is 2.73 bits per heavy atom. The van der Waals surface area contributed by atoms with Crippen LogP contribution >= 0.6 is 11.8 Å². The van der Waals surface area contributed by atoms with Crippen molar-refractivity contribution in [2.24, 2.45) is 0 Å². The van der Waals surface area contributed by atoms with Gasteiger partial charge in [0.1, 0.15) is 0 Å². The third-order valence-electron chi connectivity index (χ3n) is 3.52. The van der Waals surface area contributed by atoms with Gasteiger partial charge in [-0.25, -0.2) is 0 Å². The van der Waals surface area contributed by atoms with Crippen LogP contribution in [0.1, 0.15) is 40.0 Å². The molecule has 0 amide bonds. The minimum atomic E-state index is 0.0743. The van der Waals surface area contributed by atoms with Gasteiger partial charge in [0.15, 0.2) is 0 Å². The summed E-state index contributed by atoms with van der Waals surface area (Å²) in [6.07, 6.45) is 3.67. The summed E-state index contributed by atoms with van der Waals surface area (Å²) in [6, 6.07) is 1.40. The summed E-state index contributed by atoms with van der Waals surface area (Å²) >= 11 is 2.10. The highest BCUT2D eigenvalue weighted by molar-refractivity contribution is 8.00. The average Bonchev–Trinajstić information content (AvgIpc) is 2.50. The maximum atomic E-state index is 5.74. The fourth-order valence-electron chi connectivity index (χ4n) is 2.63. The van der Waals surface area contributed by atoms with Crippen LogP contribution in [0.2, 0.25) is 0 Å². The molecule has 3 atom stereocenters. The van der Waals surface area contributed by atoms with Crippen molar-refractivity contribution in [2.75, 3.05) is 12.4 Å². The quantitative estimate of drug-likeness (QED) is 0.786. The highest BCUT2D eigenvalue weighted by Crippen LogP contribution is 2.29. The average molecular weight is 229 g/mol. The summed E-state index contributed by atoms with van der Waals surface area (Å²) in [4.78, 5) is 0. The Morgan fingerprint density at radius 2 is 2.13 bits per heavy atom. The molecule has 2 aliphatic heterocycles. The molecule has 3 unspecified atom stereocenters. The van der Waals surface area contributed by atoms with Gasteiger partial charge in [0.05, 0.1) is 5.60 Å². The van der Waals surface area contributed by atoms with E-state index in [2.05, 4.69) is 37.8 Å². The fraction of sp³-hybridized carbons (Fsp3) is 1.00. The van der Waals surface area contributed by atoms with E-state index < -0.39 is 0 Å².